The Bertz CT molecular complexity index is 961. The van der Waals surface area contributed by atoms with Gasteiger partial charge >= 0.3 is 5.97 Å². The van der Waals surface area contributed by atoms with Crippen molar-refractivity contribution in [3.05, 3.63) is 63.1 Å². The summed E-state index contributed by atoms with van der Waals surface area (Å²) in [5, 5.41) is 1.44. The largest absolute Gasteiger partial charge is 0.469 e. The third-order valence-corrected chi connectivity index (χ3v) is 7.93. The third kappa shape index (κ3) is 3.94. The number of hydrogen-bond donors (Lipinski definition) is 0. The lowest BCUT2D eigenvalue weighted by Crippen LogP contribution is -2.45. The molecule has 2 heterocycles. The van der Waals surface area contributed by atoms with E-state index in [-0.39, 0.29) is 11.9 Å². The highest BCUT2D eigenvalue weighted by molar-refractivity contribution is 6.39. The average Bonchev–Trinajstić information content (AvgIpc) is 3.17. The first kappa shape index (κ1) is 21.1. The van der Waals surface area contributed by atoms with Gasteiger partial charge in [-0.25, -0.2) is 0 Å². The molecular formula is C25H28Cl2N2O2. The van der Waals surface area contributed by atoms with Gasteiger partial charge in [0.15, 0.2) is 0 Å². The molecule has 3 aliphatic rings. The SMILES string of the molecule is COC(=O)C1CCN(C2CCc3cc(C4CN(c5c(Cl)cccc5Cl)C4)ccc32)CC1. The molecule has 4 nitrogen and oxygen atoms in total. The van der Waals surface area contributed by atoms with E-state index in [0.717, 1.165) is 61.2 Å². The number of piperidine rings is 1. The van der Waals surface area contributed by atoms with E-state index in [4.69, 9.17) is 27.9 Å². The molecule has 0 bridgehead atoms. The number of fused-ring (bicyclic) bond motifs is 1. The fourth-order valence-corrected chi connectivity index (χ4v) is 6.16. The number of carbonyl (C=O) groups excluding carboxylic acids is 1. The van der Waals surface area contributed by atoms with E-state index in [2.05, 4.69) is 28.0 Å². The highest BCUT2D eigenvalue weighted by atomic mass is 35.5. The molecule has 0 amide bonds. The zero-order chi connectivity index (χ0) is 21.5. The average molecular weight is 459 g/mol. The summed E-state index contributed by atoms with van der Waals surface area (Å²) in [5.74, 6) is 0.536. The van der Waals surface area contributed by atoms with Gasteiger partial charge in [-0.1, -0.05) is 47.5 Å². The highest BCUT2D eigenvalue weighted by Crippen LogP contribution is 2.43. The minimum Gasteiger partial charge on any atom is -0.469 e. The Morgan fingerprint density at radius 3 is 2.42 bits per heavy atom. The van der Waals surface area contributed by atoms with Crippen LogP contribution in [0.5, 0.6) is 0 Å². The van der Waals surface area contributed by atoms with Gasteiger partial charge in [-0.2, -0.15) is 0 Å². The number of benzene rings is 2. The van der Waals surface area contributed by atoms with Gasteiger partial charge in [-0.05, 0) is 67.6 Å². The molecule has 5 rings (SSSR count). The van der Waals surface area contributed by atoms with Crippen LogP contribution in [0, 0.1) is 5.92 Å². The van der Waals surface area contributed by atoms with E-state index in [1.807, 2.05) is 18.2 Å². The summed E-state index contributed by atoms with van der Waals surface area (Å²) in [6, 6.07) is 13.3. The minimum atomic E-state index is -0.0521. The van der Waals surface area contributed by atoms with Gasteiger partial charge in [0, 0.05) is 25.0 Å². The molecule has 0 radical (unpaired) electrons. The summed E-state index contributed by atoms with van der Waals surface area (Å²) >= 11 is 12.8. The number of ether oxygens (including phenoxy) is 1. The Morgan fingerprint density at radius 2 is 1.74 bits per heavy atom. The van der Waals surface area contributed by atoms with Gasteiger partial charge in [0.2, 0.25) is 0 Å². The van der Waals surface area contributed by atoms with Crippen molar-refractivity contribution in [2.75, 3.05) is 38.2 Å². The summed E-state index contributed by atoms with van der Waals surface area (Å²) in [6.07, 6.45) is 4.11. The minimum absolute atomic E-state index is 0.0521. The molecule has 2 aromatic rings. The van der Waals surface area contributed by atoms with Crippen LogP contribution in [0.15, 0.2) is 36.4 Å². The van der Waals surface area contributed by atoms with Gasteiger partial charge in [-0.3, -0.25) is 9.69 Å². The van der Waals surface area contributed by atoms with Gasteiger partial charge in [-0.15, -0.1) is 0 Å². The lowest BCUT2D eigenvalue weighted by Gasteiger charge is -2.42. The number of hydrogen-bond acceptors (Lipinski definition) is 4. The van der Waals surface area contributed by atoms with E-state index in [1.165, 1.54) is 30.2 Å². The van der Waals surface area contributed by atoms with Gasteiger partial charge in [0.05, 0.1) is 28.8 Å². The molecular weight excluding hydrogens is 431 g/mol. The molecule has 2 saturated heterocycles. The van der Waals surface area contributed by atoms with Crippen molar-refractivity contribution in [1.29, 1.82) is 0 Å². The molecule has 0 saturated carbocycles. The molecule has 164 valence electrons. The molecule has 0 N–H and O–H groups in total. The highest BCUT2D eigenvalue weighted by Gasteiger charge is 2.35. The van der Waals surface area contributed by atoms with Crippen LogP contribution >= 0.6 is 23.2 Å². The quantitative estimate of drug-likeness (QED) is 0.568. The molecule has 0 spiro atoms. The summed E-state index contributed by atoms with van der Waals surface area (Å²) in [7, 11) is 1.49. The molecule has 2 fully saturated rings. The Morgan fingerprint density at radius 1 is 1.03 bits per heavy atom. The monoisotopic (exact) mass is 458 g/mol. The lowest BCUT2D eigenvalue weighted by molar-refractivity contribution is -0.147. The lowest BCUT2D eigenvalue weighted by atomic mass is 9.88. The maximum Gasteiger partial charge on any atom is 0.308 e. The Kier molecular flexibility index (Phi) is 5.89. The first-order valence-corrected chi connectivity index (χ1v) is 11.9. The van der Waals surface area contributed by atoms with E-state index < -0.39 is 0 Å². The fourth-order valence-electron chi connectivity index (χ4n) is 5.52. The van der Waals surface area contributed by atoms with Crippen molar-refractivity contribution in [2.24, 2.45) is 5.92 Å². The van der Waals surface area contributed by atoms with Crippen LogP contribution in [-0.2, 0) is 16.0 Å². The van der Waals surface area contributed by atoms with E-state index in [0.29, 0.717) is 12.0 Å². The number of aryl methyl sites for hydroxylation is 1. The van der Waals surface area contributed by atoms with Crippen molar-refractivity contribution in [2.45, 2.75) is 37.6 Å². The topological polar surface area (TPSA) is 32.8 Å². The number of esters is 1. The van der Waals surface area contributed by atoms with Crippen molar-refractivity contribution < 1.29 is 9.53 Å². The number of halogens is 2. The van der Waals surface area contributed by atoms with Crippen LogP contribution in [0.2, 0.25) is 10.0 Å². The molecule has 1 aliphatic carbocycles. The van der Waals surface area contributed by atoms with Crippen LogP contribution in [0.4, 0.5) is 5.69 Å². The van der Waals surface area contributed by atoms with Crippen LogP contribution in [-0.4, -0.2) is 44.2 Å². The zero-order valence-corrected chi connectivity index (χ0v) is 19.3. The van der Waals surface area contributed by atoms with Crippen molar-refractivity contribution >= 4 is 34.9 Å². The van der Waals surface area contributed by atoms with Crippen LogP contribution < -0.4 is 4.90 Å². The van der Waals surface area contributed by atoms with Gasteiger partial charge in [0.25, 0.3) is 0 Å². The number of carbonyl (C=O) groups is 1. The molecule has 6 heteroatoms. The summed E-state index contributed by atoms with van der Waals surface area (Å²) in [5.41, 5.74) is 5.35. The summed E-state index contributed by atoms with van der Waals surface area (Å²) in [4.78, 5) is 16.7. The zero-order valence-electron chi connectivity index (χ0n) is 17.8. The third-order valence-electron chi connectivity index (χ3n) is 7.32. The molecule has 0 aromatic heterocycles. The number of anilines is 1. The predicted octanol–water partition coefficient (Wildman–Crippen LogP) is 5.47. The molecule has 1 atom stereocenters. The summed E-state index contributed by atoms with van der Waals surface area (Å²) in [6.45, 7) is 3.85. The molecule has 1 unspecified atom stereocenters. The van der Waals surface area contributed by atoms with Crippen LogP contribution in [0.25, 0.3) is 0 Å². The number of rotatable bonds is 4. The maximum atomic E-state index is 11.8. The van der Waals surface area contributed by atoms with Crippen LogP contribution in [0.3, 0.4) is 0 Å². The second-order valence-corrected chi connectivity index (χ2v) is 9.83. The Balaban J connectivity index is 1.23. The number of nitrogens with zero attached hydrogens (tertiary/aromatic N) is 2. The number of likely N-dealkylation sites (tertiary alicyclic amines) is 1. The van der Waals surface area contributed by atoms with Gasteiger partial charge < -0.3 is 9.64 Å². The Labute approximate surface area is 194 Å². The van der Waals surface area contributed by atoms with E-state index in [9.17, 15) is 4.79 Å². The van der Waals surface area contributed by atoms with E-state index in [1.54, 1.807) is 0 Å². The van der Waals surface area contributed by atoms with E-state index >= 15 is 0 Å². The first-order valence-electron chi connectivity index (χ1n) is 11.2. The second kappa shape index (κ2) is 8.65. The molecule has 31 heavy (non-hydrogen) atoms. The first-order chi connectivity index (χ1) is 15.0. The fraction of sp³-hybridized carbons (Fsp3) is 0.480. The van der Waals surface area contributed by atoms with Crippen LogP contribution in [0.1, 0.15) is 47.9 Å². The van der Waals surface area contributed by atoms with Gasteiger partial charge in [0.1, 0.15) is 0 Å². The van der Waals surface area contributed by atoms with Crippen molar-refractivity contribution in [1.82, 2.24) is 4.90 Å². The summed E-state index contributed by atoms with van der Waals surface area (Å²) < 4.78 is 4.93. The Hall–Kier alpha value is -1.75. The smallest absolute Gasteiger partial charge is 0.308 e. The second-order valence-electron chi connectivity index (χ2n) is 9.02. The standard InChI is InChI=1S/C25H28Cl2N2O2/c1-31-25(30)16-9-11-28(12-10-16)23-8-6-18-13-17(5-7-20(18)23)19-14-29(15-19)24-21(26)3-2-4-22(24)27/h2-5,7,13,16,19,23H,6,8-12,14-15H2,1H3. The molecule has 2 aromatic carbocycles. The normalized spacial score (nSPS) is 22.3. The van der Waals surface area contributed by atoms with Crippen molar-refractivity contribution in [3.63, 3.8) is 0 Å². The van der Waals surface area contributed by atoms with Crippen molar-refractivity contribution in [3.8, 4) is 0 Å². The maximum absolute atomic E-state index is 11.8. The molecule has 2 aliphatic heterocycles. The predicted molar refractivity (Wildman–Crippen MR) is 125 cm³/mol. The number of methoxy groups -OCH3 is 1. The number of para-hydroxylation sites is 1.